The lowest BCUT2D eigenvalue weighted by Gasteiger charge is -2.06. The van der Waals surface area contributed by atoms with Crippen LogP contribution in [-0.2, 0) is 9.53 Å². The van der Waals surface area contributed by atoms with E-state index in [0.717, 1.165) is 18.4 Å². The molecule has 0 heterocycles. The number of carbonyl (C=O) groups excluding carboxylic acids is 1. The van der Waals surface area contributed by atoms with Crippen LogP contribution in [0.3, 0.4) is 0 Å². The van der Waals surface area contributed by atoms with Crippen molar-refractivity contribution in [1.82, 2.24) is 0 Å². The smallest absolute Gasteiger partial charge is 0.311 e. The number of rotatable bonds is 18. The van der Waals surface area contributed by atoms with Crippen molar-refractivity contribution in [3.05, 3.63) is 35.9 Å². The van der Waals surface area contributed by atoms with Crippen LogP contribution in [0.5, 0.6) is 0 Å². The molecule has 28 heavy (non-hydrogen) atoms. The van der Waals surface area contributed by atoms with Gasteiger partial charge in [-0.05, 0) is 12.0 Å². The highest BCUT2D eigenvalue weighted by Gasteiger charge is 2.08. The van der Waals surface area contributed by atoms with Gasteiger partial charge < -0.3 is 4.74 Å². The van der Waals surface area contributed by atoms with E-state index in [-0.39, 0.29) is 12.4 Å². The molecule has 1 rings (SSSR count). The standard InChI is InChI=1S/C25H40O2S/c1-2-3-4-5-6-7-8-9-10-11-12-13-14-18-21-27-25(26)22-24(28)23-19-16-15-17-20-23/h15-17,19-20H,2-14,18,21-22H2,1H3. The molecule has 0 aliphatic heterocycles. The zero-order valence-electron chi connectivity index (χ0n) is 17.9. The van der Waals surface area contributed by atoms with Crippen LogP contribution in [-0.4, -0.2) is 17.4 Å². The molecule has 0 fully saturated rings. The Morgan fingerprint density at radius 3 is 1.71 bits per heavy atom. The van der Waals surface area contributed by atoms with Gasteiger partial charge in [-0.1, -0.05) is 133 Å². The summed E-state index contributed by atoms with van der Waals surface area (Å²) < 4.78 is 5.31. The molecule has 0 bridgehead atoms. The van der Waals surface area contributed by atoms with E-state index in [4.69, 9.17) is 17.0 Å². The summed E-state index contributed by atoms with van der Waals surface area (Å²) in [5.41, 5.74) is 0.936. The first-order valence-corrected chi connectivity index (χ1v) is 11.9. The van der Waals surface area contributed by atoms with Crippen molar-refractivity contribution >= 4 is 23.1 Å². The molecule has 3 heteroatoms. The second-order valence-electron chi connectivity index (χ2n) is 7.78. The van der Waals surface area contributed by atoms with Crippen molar-refractivity contribution in [3.63, 3.8) is 0 Å². The first-order valence-electron chi connectivity index (χ1n) is 11.5. The zero-order chi connectivity index (χ0) is 20.3. The Hall–Kier alpha value is -1.22. The maximum absolute atomic E-state index is 11.9. The lowest BCUT2D eigenvalue weighted by molar-refractivity contribution is -0.142. The molecule has 0 spiro atoms. The number of hydrogen-bond donors (Lipinski definition) is 0. The molecular weight excluding hydrogens is 364 g/mol. The van der Waals surface area contributed by atoms with Crippen LogP contribution in [0.2, 0.25) is 0 Å². The fourth-order valence-electron chi connectivity index (χ4n) is 3.39. The van der Waals surface area contributed by atoms with E-state index in [1.807, 2.05) is 30.3 Å². The van der Waals surface area contributed by atoms with E-state index in [2.05, 4.69) is 6.92 Å². The Labute approximate surface area is 178 Å². The van der Waals surface area contributed by atoms with Crippen LogP contribution in [0.4, 0.5) is 0 Å². The van der Waals surface area contributed by atoms with Gasteiger partial charge in [0, 0.05) is 4.86 Å². The van der Waals surface area contributed by atoms with Crippen molar-refractivity contribution in [2.75, 3.05) is 6.61 Å². The number of ether oxygens (including phenoxy) is 1. The lowest BCUT2D eigenvalue weighted by atomic mass is 10.0. The number of thiocarbonyl (C=S) groups is 1. The maximum Gasteiger partial charge on any atom is 0.311 e. The van der Waals surface area contributed by atoms with Gasteiger partial charge in [0.1, 0.15) is 0 Å². The number of benzene rings is 1. The largest absolute Gasteiger partial charge is 0.465 e. The Kier molecular flexibility index (Phi) is 15.8. The third-order valence-electron chi connectivity index (χ3n) is 5.16. The van der Waals surface area contributed by atoms with Crippen molar-refractivity contribution < 1.29 is 9.53 Å². The molecule has 0 N–H and O–H groups in total. The quantitative estimate of drug-likeness (QED) is 0.108. The summed E-state index contributed by atoms with van der Waals surface area (Å²) in [6, 6.07) is 9.68. The summed E-state index contributed by atoms with van der Waals surface area (Å²) in [6.07, 6.45) is 18.8. The Morgan fingerprint density at radius 1 is 0.750 bits per heavy atom. The van der Waals surface area contributed by atoms with Crippen molar-refractivity contribution in [2.45, 2.75) is 103 Å². The molecule has 0 saturated carbocycles. The van der Waals surface area contributed by atoms with E-state index in [1.165, 1.54) is 77.0 Å². The van der Waals surface area contributed by atoms with Crippen molar-refractivity contribution in [3.8, 4) is 0 Å². The molecule has 0 aliphatic carbocycles. The first kappa shape index (κ1) is 24.8. The highest BCUT2D eigenvalue weighted by atomic mass is 32.1. The van der Waals surface area contributed by atoms with Gasteiger partial charge in [0.05, 0.1) is 13.0 Å². The molecule has 1 aromatic rings. The number of hydrogen-bond acceptors (Lipinski definition) is 3. The van der Waals surface area contributed by atoms with Crippen LogP contribution in [0, 0.1) is 0 Å². The summed E-state index contributed by atoms with van der Waals surface area (Å²) >= 11 is 5.31. The molecule has 0 aliphatic rings. The Bertz CT molecular complexity index is 513. The summed E-state index contributed by atoms with van der Waals surface area (Å²) in [6.45, 7) is 2.80. The van der Waals surface area contributed by atoms with Gasteiger partial charge in [0.2, 0.25) is 0 Å². The summed E-state index contributed by atoms with van der Waals surface area (Å²) in [4.78, 5) is 12.5. The minimum Gasteiger partial charge on any atom is -0.465 e. The molecule has 0 radical (unpaired) electrons. The molecule has 0 amide bonds. The molecule has 0 atom stereocenters. The predicted molar refractivity (Wildman–Crippen MR) is 124 cm³/mol. The van der Waals surface area contributed by atoms with Gasteiger partial charge in [-0.15, -0.1) is 0 Å². The van der Waals surface area contributed by atoms with Gasteiger partial charge in [-0.3, -0.25) is 4.79 Å². The number of unbranched alkanes of at least 4 members (excludes halogenated alkanes) is 13. The Balaban J connectivity index is 1.84. The number of esters is 1. The van der Waals surface area contributed by atoms with Crippen molar-refractivity contribution in [1.29, 1.82) is 0 Å². The summed E-state index contributed by atoms with van der Waals surface area (Å²) in [5.74, 6) is -0.205. The minimum absolute atomic E-state index is 0.205. The summed E-state index contributed by atoms with van der Waals surface area (Å²) in [7, 11) is 0. The highest BCUT2D eigenvalue weighted by Crippen LogP contribution is 2.13. The molecule has 158 valence electrons. The van der Waals surface area contributed by atoms with E-state index in [0.29, 0.717) is 11.5 Å². The third kappa shape index (κ3) is 13.9. The third-order valence-corrected chi connectivity index (χ3v) is 5.54. The maximum atomic E-state index is 11.9. The molecular formula is C25H40O2S. The van der Waals surface area contributed by atoms with Gasteiger partial charge >= 0.3 is 5.97 Å². The second kappa shape index (κ2) is 17.8. The molecule has 1 aromatic carbocycles. The van der Waals surface area contributed by atoms with E-state index in [9.17, 15) is 4.79 Å². The number of carbonyl (C=O) groups is 1. The SMILES string of the molecule is CCCCCCCCCCCCCCCCOC(=O)CC(=S)c1ccccc1. The van der Waals surface area contributed by atoms with Crippen LogP contribution in [0.15, 0.2) is 30.3 Å². The van der Waals surface area contributed by atoms with Crippen LogP contribution < -0.4 is 0 Å². The average Bonchev–Trinajstić information content (AvgIpc) is 2.71. The first-order chi connectivity index (χ1) is 13.7. The lowest BCUT2D eigenvalue weighted by Crippen LogP contribution is -2.11. The van der Waals surface area contributed by atoms with Gasteiger partial charge in [0.25, 0.3) is 0 Å². The van der Waals surface area contributed by atoms with E-state index < -0.39 is 0 Å². The highest BCUT2D eigenvalue weighted by molar-refractivity contribution is 7.80. The fourth-order valence-corrected chi connectivity index (χ4v) is 3.64. The predicted octanol–water partition coefficient (Wildman–Crippen LogP) is 7.82. The Morgan fingerprint density at radius 2 is 1.21 bits per heavy atom. The van der Waals surface area contributed by atoms with Gasteiger partial charge in [-0.2, -0.15) is 0 Å². The average molecular weight is 405 g/mol. The zero-order valence-corrected chi connectivity index (χ0v) is 18.7. The molecule has 0 unspecified atom stereocenters. The van der Waals surface area contributed by atoms with Gasteiger partial charge in [-0.25, -0.2) is 0 Å². The summed E-state index contributed by atoms with van der Waals surface area (Å²) in [5, 5.41) is 0. The van der Waals surface area contributed by atoms with Gasteiger partial charge in [0.15, 0.2) is 0 Å². The van der Waals surface area contributed by atoms with E-state index >= 15 is 0 Å². The van der Waals surface area contributed by atoms with Crippen LogP contribution in [0.1, 0.15) is 109 Å². The normalized spacial score (nSPS) is 10.8. The van der Waals surface area contributed by atoms with Crippen molar-refractivity contribution in [2.24, 2.45) is 0 Å². The molecule has 0 aromatic heterocycles. The van der Waals surface area contributed by atoms with Crippen LogP contribution >= 0.6 is 12.2 Å². The molecule has 0 saturated heterocycles. The molecule has 2 nitrogen and oxygen atoms in total. The minimum atomic E-state index is -0.205. The monoisotopic (exact) mass is 404 g/mol. The fraction of sp³-hybridized carbons (Fsp3) is 0.680. The van der Waals surface area contributed by atoms with E-state index in [1.54, 1.807) is 0 Å². The second-order valence-corrected chi connectivity index (χ2v) is 8.28. The van der Waals surface area contributed by atoms with Crippen LogP contribution in [0.25, 0.3) is 0 Å². The topological polar surface area (TPSA) is 26.3 Å².